The largest absolute Gasteiger partial charge is 0.315 e. The van der Waals surface area contributed by atoms with Crippen molar-refractivity contribution >= 4 is 22.9 Å². The number of fused-ring (bicyclic) bond motifs is 1. The molecule has 2 saturated heterocycles. The molecule has 168 valence electrons. The molecule has 0 spiro atoms. The maximum atomic E-state index is 13.0. The number of nitrogens with zero attached hydrogens (tertiary/aromatic N) is 3. The second-order valence-corrected chi connectivity index (χ2v) is 9.24. The molecule has 3 aromatic rings. The Morgan fingerprint density at radius 3 is 2.75 bits per heavy atom. The minimum Gasteiger partial charge on any atom is -0.315 e. The fourth-order valence-corrected chi connectivity index (χ4v) is 5.22. The van der Waals surface area contributed by atoms with E-state index in [2.05, 4.69) is 39.2 Å². The fraction of sp³-hybridized carbons (Fsp3) is 0.462. The number of hydrogen-bond donors (Lipinski definition) is 2. The van der Waals surface area contributed by atoms with Crippen molar-refractivity contribution in [2.45, 2.75) is 51.6 Å². The van der Waals surface area contributed by atoms with Gasteiger partial charge in [0.1, 0.15) is 0 Å². The summed E-state index contributed by atoms with van der Waals surface area (Å²) < 4.78 is 2.28. The number of likely N-dealkylation sites (tertiary alicyclic amines) is 1. The van der Waals surface area contributed by atoms with Gasteiger partial charge in [-0.1, -0.05) is 30.7 Å². The predicted octanol–water partition coefficient (Wildman–Crippen LogP) is 4.51. The van der Waals surface area contributed by atoms with E-state index in [1.165, 1.54) is 49.9 Å². The van der Waals surface area contributed by atoms with Crippen LogP contribution in [0.15, 0.2) is 42.5 Å². The number of benzene rings is 2. The van der Waals surface area contributed by atoms with E-state index in [1.54, 1.807) is 0 Å². The Hall–Kier alpha value is -2.70. The van der Waals surface area contributed by atoms with Crippen LogP contribution < -0.4 is 10.6 Å². The SMILES string of the molecule is Cc1cc(CN2CCCC2)cc2nc(NC(=O)c3ccccc3)n([C@@H]3CCCCNC3)c12. The van der Waals surface area contributed by atoms with Gasteiger partial charge in [0.25, 0.3) is 5.91 Å². The minimum atomic E-state index is -0.112. The van der Waals surface area contributed by atoms with E-state index >= 15 is 0 Å². The number of hydrogen-bond acceptors (Lipinski definition) is 4. The molecular weight excluding hydrogens is 398 g/mol. The van der Waals surface area contributed by atoms with Crippen molar-refractivity contribution in [3.8, 4) is 0 Å². The zero-order valence-electron chi connectivity index (χ0n) is 18.9. The first kappa shape index (κ1) is 21.2. The average Bonchev–Trinajstić information content (AvgIpc) is 3.34. The van der Waals surface area contributed by atoms with Crippen LogP contribution in [0.4, 0.5) is 5.95 Å². The molecule has 1 atom stereocenters. The van der Waals surface area contributed by atoms with Gasteiger partial charge in [0.05, 0.1) is 11.0 Å². The van der Waals surface area contributed by atoms with E-state index in [0.29, 0.717) is 11.5 Å². The highest BCUT2D eigenvalue weighted by Crippen LogP contribution is 2.32. The lowest BCUT2D eigenvalue weighted by molar-refractivity contribution is 0.102. The van der Waals surface area contributed by atoms with Crippen LogP contribution in [-0.4, -0.2) is 46.5 Å². The second kappa shape index (κ2) is 9.43. The Morgan fingerprint density at radius 2 is 1.94 bits per heavy atom. The topological polar surface area (TPSA) is 62.2 Å². The van der Waals surface area contributed by atoms with Gasteiger partial charge >= 0.3 is 0 Å². The van der Waals surface area contributed by atoms with Crippen LogP contribution in [0.2, 0.25) is 0 Å². The Balaban J connectivity index is 1.54. The number of aryl methyl sites for hydroxylation is 1. The smallest absolute Gasteiger partial charge is 0.257 e. The summed E-state index contributed by atoms with van der Waals surface area (Å²) in [5, 5.41) is 6.70. The molecule has 0 saturated carbocycles. The van der Waals surface area contributed by atoms with Gasteiger partial charge in [0.15, 0.2) is 0 Å². The van der Waals surface area contributed by atoms with Crippen molar-refractivity contribution in [3.05, 3.63) is 59.2 Å². The summed E-state index contributed by atoms with van der Waals surface area (Å²) in [7, 11) is 0. The van der Waals surface area contributed by atoms with Crippen molar-refractivity contribution in [1.82, 2.24) is 19.8 Å². The Kier molecular flexibility index (Phi) is 6.23. The van der Waals surface area contributed by atoms with Crippen molar-refractivity contribution < 1.29 is 4.79 Å². The van der Waals surface area contributed by atoms with Gasteiger partial charge in [-0.15, -0.1) is 0 Å². The third-order valence-electron chi connectivity index (χ3n) is 6.79. The van der Waals surface area contributed by atoms with E-state index in [1.807, 2.05) is 30.3 Å². The molecule has 3 heterocycles. The molecule has 6 nitrogen and oxygen atoms in total. The van der Waals surface area contributed by atoms with E-state index in [9.17, 15) is 4.79 Å². The number of carbonyl (C=O) groups excluding carboxylic acids is 1. The molecule has 2 N–H and O–H groups in total. The van der Waals surface area contributed by atoms with Crippen molar-refractivity contribution in [2.24, 2.45) is 0 Å². The summed E-state index contributed by atoms with van der Waals surface area (Å²) in [5.41, 5.74) is 5.31. The van der Waals surface area contributed by atoms with Crippen LogP contribution in [0.3, 0.4) is 0 Å². The molecule has 0 unspecified atom stereocenters. The molecule has 2 aliphatic heterocycles. The first-order valence-corrected chi connectivity index (χ1v) is 12.0. The van der Waals surface area contributed by atoms with Gasteiger partial charge in [-0.2, -0.15) is 0 Å². The maximum absolute atomic E-state index is 13.0. The van der Waals surface area contributed by atoms with Gasteiger partial charge in [-0.25, -0.2) is 4.98 Å². The molecule has 0 aliphatic carbocycles. The highest BCUT2D eigenvalue weighted by molar-refractivity contribution is 6.04. The molecule has 6 heteroatoms. The summed E-state index contributed by atoms with van der Waals surface area (Å²) in [4.78, 5) is 20.5. The average molecular weight is 432 g/mol. The third-order valence-corrected chi connectivity index (χ3v) is 6.79. The van der Waals surface area contributed by atoms with Crippen LogP contribution in [0.5, 0.6) is 0 Å². The Morgan fingerprint density at radius 1 is 1.12 bits per heavy atom. The Bertz CT molecular complexity index is 1080. The Labute approximate surface area is 190 Å². The van der Waals surface area contributed by atoms with Crippen LogP contribution in [0.25, 0.3) is 11.0 Å². The van der Waals surface area contributed by atoms with Crippen LogP contribution in [0, 0.1) is 6.92 Å². The molecule has 1 amide bonds. The van der Waals surface area contributed by atoms with E-state index in [4.69, 9.17) is 4.98 Å². The van der Waals surface area contributed by atoms with Crippen molar-refractivity contribution in [1.29, 1.82) is 0 Å². The van der Waals surface area contributed by atoms with E-state index in [0.717, 1.165) is 37.1 Å². The first-order valence-electron chi connectivity index (χ1n) is 12.0. The molecule has 0 radical (unpaired) electrons. The summed E-state index contributed by atoms with van der Waals surface area (Å²) in [5.74, 6) is 0.544. The lowest BCUT2D eigenvalue weighted by Crippen LogP contribution is -2.25. The first-order chi connectivity index (χ1) is 15.7. The lowest BCUT2D eigenvalue weighted by atomic mass is 10.1. The minimum absolute atomic E-state index is 0.112. The number of nitrogens with one attached hydrogen (secondary N) is 2. The number of imidazole rings is 1. The zero-order chi connectivity index (χ0) is 21.9. The number of aromatic nitrogens is 2. The van der Waals surface area contributed by atoms with E-state index in [-0.39, 0.29) is 11.9 Å². The van der Waals surface area contributed by atoms with Gasteiger partial charge in [0, 0.05) is 24.7 Å². The lowest BCUT2D eigenvalue weighted by Gasteiger charge is -2.21. The molecule has 2 aliphatic rings. The van der Waals surface area contributed by atoms with Gasteiger partial charge in [0.2, 0.25) is 5.95 Å². The molecule has 2 aromatic carbocycles. The molecular formula is C26H33N5O. The van der Waals surface area contributed by atoms with Gasteiger partial charge in [-0.05, 0) is 81.6 Å². The number of carbonyl (C=O) groups is 1. The monoisotopic (exact) mass is 431 g/mol. The normalized spacial score (nSPS) is 19.8. The third kappa shape index (κ3) is 4.43. The standard InChI is InChI=1S/C26H33N5O/c1-19-15-20(18-30-13-7-8-14-30)16-23-24(19)31(22-11-5-6-12-27-17-22)26(28-23)29-25(32)21-9-3-2-4-10-21/h2-4,9-10,15-16,22,27H,5-8,11-14,17-18H2,1H3,(H,28,29,32)/t22-/m1/s1. The molecule has 32 heavy (non-hydrogen) atoms. The van der Waals surface area contributed by atoms with Crippen molar-refractivity contribution in [2.75, 3.05) is 31.5 Å². The summed E-state index contributed by atoms with van der Waals surface area (Å²) in [6.45, 7) is 7.46. The fourth-order valence-electron chi connectivity index (χ4n) is 5.22. The van der Waals surface area contributed by atoms with Gasteiger partial charge < -0.3 is 9.88 Å². The van der Waals surface area contributed by atoms with Crippen LogP contribution in [0.1, 0.15) is 59.6 Å². The van der Waals surface area contributed by atoms with Crippen LogP contribution >= 0.6 is 0 Å². The quantitative estimate of drug-likeness (QED) is 0.624. The summed E-state index contributed by atoms with van der Waals surface area (Å²) in [6, 6.07) is 14.2. The molecule has 1 aromatic heterocycles. The highest BCUT2D eigenvalue weighted by Gasteiger charge is 2.24. The summed E-state index contributed by atoms with van der Waals surface area (Å²) in [6.07, 6.45) is 6.03. The number of amides is 1. The second-order valence-electron chi connectivity index (χ2n) is 9.24. The van der Waals surface area contributed by atoms with E-state index < -0.39 is 0 Å². The van der Waals surface area contributed by atoms with Gasteiger partial charge in [-0.3, -0.25) is 15.0 Å². The zero-order valence-corrected chi connectivity index (χ0v) is 18.9. The predicted molar refractivity (Wildman–Crippen MR) is 129 cm³/mol. The highest BCUT2D eigenvalue weighted by atomic mass is 16.1. The molecule has 5 rings (SSSR count). The maximum Gasteiger partial charge on any atom is 0.257 e. The van der Waals surface area contributed by atoms with Crippen molar-refractivity contribution in [3.63, 3.8) is 0 Å². The number of rotatable bonds is 5. The summed E-state index contributed by atoms with van der Waals surface area (Å²) >= 11 is 0. The molecule has 0 bridgehead atoms. The molecule has 2 fully saturated rings. The number of anilines is 1. The van der Waals surface area contributed by atoms with Crippen LogP contribution in [-0.2, 0) is 6.54 Å².